The summed E-state index contributed by atoms with van der Waals surface area (Å²) in [4.78, 5) is 0. The van der Waals surface area contributed by atoms with Gasteiger partial charge in [0.1, 0.15) is 0 Å². The molecular formula is C27H62. The third kappa shape index (κ3) is 30.9. The van der Waals surface area contributed by atoms with Gasteiger partial charge in [0.25, 0.3) is 0 Å². The Hall–Kier alpha value is 0. The van der Waals surface area contributed by atoms with E-state index in [1.807, 2.05) is 13.8 Å². The molecule has 0 heteroatoms. The van der Waals surface area contributed by atoms with Crippen LogP contribution in [0.4, 0.5) is 0 Å². The predicted octanol–water partition coefficient (Wildman–Crippen LogP) is 10.9. The molecule has 0 nitrogen and oxygen atoms in total. The molecule has 170 valence electrons. The fourth-order valence-electron chi connectivity index (χ4n) is 3.50. The smallest absolute Gasteiger partial charge is 0.0303 e. The van der Waals surface area contributed by atoms with Crippen molar-refractivity contribution in [1.29, 1.82) is 0 Å². The third-order valence-electron chi connectivity index (χ3n) is 4.82. The minimum Gasteiger partial charge on any atom is -0.0683 e. The topological polar surface area (TPSA) is 0 Å². The highest BCUT2D eigenvalue weighted by molar-refractivity contribution is 4.81. The van der Waals surface area contributed by atoms with Gasteiger partial charge >= 0.3 is 0 Å². The van der Waals surface area contributed by atoms with Gasteiger partial charge in [-0.3, -0.25) is 0 Å². The number of hydrogen-bond acceptors (Lipinski definition) is 0. The lowest BCUT2D eigenvalue weighted by molar-refractivity contribution is 0.273. The van der Waals surface area contributed by atoms with E-state index in [2.05, 4.69) is 76.2 Å². The summed E-state index contributed by atoms with van der Waals surface area (Å²) >= 11 is 0. The van der Waals surface area contributed by atoms with E-state index in [1.54, 1.807) is 0 Å². The highest BCUT2D eigenvalue weighted by Gasteiger charge is 2.29. The molecule has 0 aliphatic heterocycles. The van der Waals surface area contributed by atoms with Gasteiger partial charge in [-0.25, -0.2) is 0 Å². The molecule has 0 N–H and O–H groups in total. The zero-order valence-corrected chi connectivity index (χ0v) is 22.3. The zero-order valence-electron chi connectivity index (χ0n) is 22.3. The quantitative estimate of drug-likeness (QED) is 0.425. The van der Waals surface area contributed by atoms with E-state index in [9.17, 15) is 0 Å². The van der Waals surface area contributed by atoms with E-state index in [0.717, 1.165) is 23.2 Å². The Kier molecular flexibility index (Phi) is 33.2. The second kappa shape index (κ2) is 26.0. The molecule has 0 saturated heterocycles. The molecule has 1 saturated carbocycles. The van der Waals surface area contributed by atoms with Crippen LogP contribution in [0.15, 0.2) is 0 Å². The van der Waals surface area contributed by atoms with Crippen molar-refractivity contribution < 1.29 is 0 Å². The van der Waals surface area contributed by atoms with Crippen LogP contribution >= 0.6 is 0 Å². The van der Waals surface area contributed by atoms with Crippen LogP contribution in [-0.2, 0) is 0 Å². The van der Waals surface area contributed by atoms with Gasteiger partial charge < -0.3 is 0 Å². The van der Waals surface area contributed by atoms with Crippen LogP contribution in [0.2, 0.25) is 0 Å². The van der Waals surface area contributed by atoms with Gasteiger partial charge in [0.05, 0.1) is 0 Å². The Morgan fingerprint density at radius 3 is 1.22 bits per heavy atom. The molecule has 0 bridgehead atoms. The molecule has 27 heavy (non-hydrogen) atoms. The van der Waals surface area contributed by atoms with Gasteiger partial charge in [-0.05, 0) is 42.4 Å². The van der Waals surface area contributed by atoms with Crippen molar-refractivity contribution in [2.45, 2.75) is 154 Å². The Balaban J connectivity index is -0.000000138. The van der Waals surface area contributed by atoms with Crippen molar-refractivity contribution in [3.05, 3.63) is 0 Å². The summed E-state index contributed by atoms with van der Waals surface area (Å²) in [5.41, 5.74) is 0.778. The summed E-state index contributed by atoms with van der Waals surface area (Å²) in [6.45, 7) is 28.6. The molecule has 1 aliphatic rings. The average Bonchev–Trinajstić information content (AvgIpc) is 3.07. The van der Waals surface area contributed by atoms with Gasteiger partial charge in [0.2, 0.25) is 0 Å². The fraction of sp³-hybridized carbons (Fsp3) is 1.00. The molecule has 0 radical (unpaired) electrons. The van der Waals surface area contributed by atoms with Crippen molar-refractivity contribution in [3.63, 3.8) is 0 Å². The fourth-order valence-corrected chi connectivity index (χ4v) is 3.50. The maximum Gasteiger partial charge on any atom is -0.0303 e. The molecule has 0 spiro atoms. The first-order valence-electron chi connectivity index (χ1n) is 12.6. The van der Waals surface area contributed by atoms with E-state index in [1.165, 1.54) is 64.2 Å². The van der Waals surface area contributed by atoms with Crippen LogP contribution in [0.25, 0.3) is 0 Å². The summed E-state index contributed by atoms with van der Waals surface area (Å²) in [5, 5.41) is 0. The van der Waals surface area contributed by atoms with Crippen LogP contribution in [0.3, 0.4) is 0 Å². The van der Waals surface area contributed by atoms with E-state index < -0.39 is 0 Å². The first kappa shape index (κ1) is 34.5. The van der Waals surface area contributed by atoms with Crippen LogP contribution < -0.4 is 0 Å². The average molecular weight is 387 g/mol. The third-order valence-corrected chi connectivity index (χ3v) is 4.82. The second-order valence-corrected chi connectivity index (χ2v) is 9.38. The Bertz CT molecular complexity index is 211. The maximum absolute atomic E-state index is 2.35. The normalized spacial score (nSPS) is 15.2. The number of rotatable bonds is 6. The van der Waals surface area contributed by atoms with Crippen molar-refractivity contribution in [3.8, 4) is 0 Å². The predicted molar refractivity (Wildman–Crippen MR) is 133 cm³/mol. The minimum atomic E-state index is 0.778. The Morgan fingerprint density at radius 1 is 0.704 bits per heavy atom. The summed E-state index contributed by atoms with van der Waals surface area (Å²) in [6, 6.07) is 0. The second-order valence-electron chi connectivity index (χ2n) is 9.38. The lowest BCUT2D eigenvalue weighted by Gasteiger charge is -2.24. The summed E-state index contributed by atoms with van der Waals surface area (Å²) in [5.74, 6) is 2.65. The van der Waals surface area contributed by atoms with Crippen molar-refractivity contribution in [2.75, 3.05) is 0 Å². The molecular weight excluding hydrogens is 324 g/mol. The molecule has 1 rings (SSSR count). The van der Waals surface area contributed by atoms with Gasteiger partial charge in [0, 0.05) is 0 Å². The lowest BCUT2D eigenvalue weighted by atomic mass is 9.81. The highest BCUT2D eigenvalue weighted by Crippen LogP contribution is 2.43. The lowest BCUT2D eigenvalue weighted by Crippen LogP contribution is -2.12. The summed E-state index contributed by atoms with van der Waals surface area (Å²) in [6.07, 6.45) is 14.2. The minimum absolute atomic E-state index is 0.778. The van der Waals surface area contributed by atoms with Gasteiger partial charge in [0.15, 0.2) is 0 Å². The molecule has 1 fully saturated rings. The molecule has 1 unspecified atom stereocenters. The van der Waals surface area contributed by atoms with Crippen molar-refractivity contribution in [2.24, 2.45) is 23.2 Å². The Labute approximate surface area is 177 Å². The van der Waals surface area contributed by atoms with Crippen molar-refractivity contribution in [1.82, 2.24) is 0 Å². The molecule has 0 aromatic heterocycles. The molecule has 0 aromatic rings. The van der Waals surface area contributed by atoms with Gasteiger partial charge in [-0.1, -0.05) is 135 Å². The zero-order chi connectivity index (χ0) is 22.3. The van der Waals surface area contributed by atoms with Gasteiger partial charge in [-0.15, -0.1) is 0 Å². The van der Waals surface area contributed by atoms with Crippen LogP contribution in [-0.4, -0.2) is 0 Å². The number of hydrogen-bond donors (Lipinski definition) is 0. The molecule has 0 heterocycles. The summed E-state index contributed by atoms with van der Waals surface area (Å²) in [7, 11) is 0. The standard InChI is InChI=1S/C9H18.C9H20.C4H10.C3H8.C2H6/c1-3-9(4-2)7-5-6-8-9;1-5-6-9(4)7-8(2)3;1-4(2)3;1-3-2;1-2/h3-8H2,1-2H3;8-9H,5-7H2,1-4H3;4H,1-3H3;3H2,1-2H3;1-2H3. The van der Waals surface area contributed by atoms with E-state index >= 15 is 0 Å². The van der Waals surface area contributed by atoms with Crippen LogP contribution in [0, 0.1) is 23.2 Å². The SMILES string of the molecule is CC.CC(C)C.CCC.CCC1(CC)CCCC1.CCCC(C)CC(C)C. The Morgan fingerprint density at radius 2 is 1.04 bits per heavy atom. The highest BCUT2D eigenvalue weighted by atomic mass is 14.3. The van der Waals surface area contributed by atoms with Gasteiger partial charge in [-0.2, -0.15) is 0 Å². The van der Waals surface area contributed by atoms with Crippen LogP contribution in [0.5, 0.6) is 0 Å². The van der Waals surface area contributed by atoms with E-state index in [-0.39, 0.29) is 0 Å². The monoisotopic (exact) mass is 386 g/mol. The first-order chi connectivity index (χ1) is 12.6. The van der Waals surface area contributed by atoms with Crippen molar-refractivity contribution >= 4 is 0 Å². The maximum atomic E-state index is 2.35. The largest absolute Gasteiger partial charge is 0.0683 e. The molecule has 1 aliphatic carbocycles. The van der Waals surface area contributed by atoms with E-state index in [4.69, 9.17) is 0 Å². The molecule has 0 aromatic carbocycles. The molecule has 0 amide bonds. The molecule has 1 atom stereocenters. The van der Waals surface area contributed by atoms with Crippen LogP contribution in [0.1, 0.15) is 154 Å². The van der Waals surface area contributed by atoms with E-state index in [0.29, 0.717) is 0 Å². The first-order valence-corrected chi connectivity index (χ1v) is 12.6. The summed E-state index contributed by atoms with van der Waals surface area (Å²) < 4.78 is 0.